The van der Waals surface area contributed by atoms with Gasteiger partial charge in [0.1, 0.15) is 5.75 Å². The van der Waals surface area contributed by atoms with Gasteiger partial charge in [0.2, 0.25) is 0 Å². The van der Waals surface area contributed by atoms with Gasteiger partial charge in [0.05, 0.1) is 28.4 Å². The van der Waals surface area contributed by atoms with Crippen LogP contribution < -0.4 is 4.74 Å². The van der Waals surface area contributed by atoms with Gasteiger partial charge in [-0.1, -0.05) is 0 Å². The van der Waals surface area contributed by atoms with Crippen molar-refractivity contribution >= 4 is 15.7 Å². The van der Waals surface area contributed by atoms with Crippen LogP contribution in [0.2, 0.25) is 0 Å². The number of ether oxygens (including phenoxy) is 1. The summed E-state index contributed by atoms with van der Waals surface area (Å²) < 4.78 is 96.0. The van der Waals surface area contributed by atoms with Crippen LogP contribution in [0.25, 0.3) is 5.69 Å². The van der Waals surface area contributed by atoms with Gasteiger partial charge in [0, 0.05) is 30.6 Å². The lowest BCUT2D eigenvalue weighted by Crippen LogP contribution is -2.33. The number of carbonyl (C=O) groups excluding carboxylic acids is 1. The van der Waals surface area contributed by atoms with E-state index in [0.717, 1.165) is 43.5 Å². The van der Waals surface area contributed by atoms with Crippen LogP contribution in [0.4, 0.5) is 22.0 Å². The van der Waals surface area contributed by atoms with Gasteiger partial charge in [-0.05, 0) is 37.3 Å². The molecule has 35 heavy (non-hydrogen) atoms. The van der Waals surface area contributed by atoms with Gasteiger partial charge >= 0.3 is 6.18 Å². The van der Waals surface area contributed by atoms with Crippen molar-refractivity contribution in [3.8, 4) is 11.4 Å². The highest BCUT2D eigenvalue weighted by molar-refractivity contribution is 7.90. The second-order valence-electron chi connectivity index (χ2n) is 8.04. The minimum atomic E-state index is -4.71. The van der Waals surface area contributed by atoms with Crippen molar-refractivity contribution in [2.45, 2.75) is 37.2 Å². The highest BCUT2D eigenvalue weighted by Gasteiger charge is 2.39. The third-order valence-electron chi connectivity index (χ3n) is 5.41. The lowest BCUT2D eigenvalue weighted by Gasteiger charge is -2.22. The first-order valence-electron chi connectivity index (χ1n) is 10.1. The molecule has 13 heteroatoms. The maximum atomic E-state index is 13.5. The van der Waals surface area contributed by atoms with Crippen molar-refractivity contribution in [3.05, 3.63) is 71.1 Å². The second-order valence-corrected chi connectivity index (χ2v) is 10.1. The van der Waals surface area contributed by atoms with Gasteiger partial charge in [-0.3, -0.25) is 4.79 Å². The molecule has 1 amide bonds. The summed E-state index contributed by atoms with van der Waals surface area (Å²) in [6.07, 6.45) is -4.52. The molecule has 0 unspecified atom stereocenters. The third-order valence-corrected chi connectivity index (χ3v) is 6.52. The molecule has 0 saturated heterocycles. The maximum absolute atomic E-state index is 13.5. The van der Waals surface area contributed by atoms with Gasteiger partial charge in [-0.2, -0.15) is 18.3 Å². The van der Waals surface area contributed by atoms with Crippen molar-refractivity contribution in [1.29, 1.82) is 0 Å². The predicted molar refractivity (Wildman–Crippen MR) is 113 cm³/mol. The summed E-state index contributed by atoms with van der Waals surface area (Å²) in [5.74, 6) is -3.23. The molecule has 1 aromatic heterocycles. The zero-order valence-corrected chi connectivity index (χ0v) is 19.1. The number of alkyl halides is 3. The predicted octanol–water partition coefficient (Wildman–Crippen LogP) is 4.04. The summed E-state index contributed by atoms with van der Waals surface area (Å²) in [5.41, 5.74) is 0.929. The van der Waals surface area contributed by atoms with E-state index >= 15 is 0 Å². The molecule has 1 atom stereocenters. The standard InChI is InChI=1S/C22H18F5N3O4S/c1-12(22(25,26)27)34-20-6-4-15(35(2,32)33)8-16(20)21(31)29-9-13-10-30(28-19(13)11-29)14-3-5-17(23)18(24)7-14/h3-8,10,12H,9,11H2,1-2H3/t12-/m0/s1. The first-order valence-corrected chi connectivity index (χ1v) is 12.0. The number of fused-ring (bicyclic) bond motifs is 1. The average molecular weight is 515 g/mol. The highest BCUT2D eigenvalue weighted by Crippen LogP contribution is 2.32. The minimum absolute atomic E-state index is 0.00914. The molecule has 0 aliphatic carbocycles. The van der Waals surface area contributed by atoms with Gasteiger partial charge < -0.3 is 9.64 Å². The minimum Gasteiger partial charge on any atom is -0.480 e. The molecule has 2 aromatic carbocycles. The van der Waals surface area contributed by atoms with Crippen LogP contribution in [0.1, 0.15) is 28.5 Å². The number of halogens is 5. The summed E-state index contributed by atoms with van der Waals surface area (Å²) in [7, 11) is -3.76. The van der Waals surface area contributed by atoms with E-state index in [1.54, 1.807) is 0 Å². The molecular formula is C22H18F5N3O4S. The van der Waals surface area contributed by atoms with Gasteiger partial charge in [0.15, 0.2) is 27.6 Å². The molecule has 0 bridgehead atoms. The maximum Gasteiger partial charge on any atom is 0.425 e. The molecule has 1 aliphatic rings. The van der Waals surface area contributed by atoms with Crippen LogP contribution in [0.15, 0.2) is 47.5 Å². The quantitative estimate of drug-likeness (QED) is 0.480. The van der Waals surface area contributed by atoms with Crippen LogP contribution in [-0.2, 0) is 22.9 Å². The van der Waals surface area contributed by atoms with Crippen LogP contribution in [0.5, 0.6) is 5.75 Å². The summed E-state index contributed by atoms with van der Waals surface area (Å²) in [6, 6.07) is 6.30. The highest BCUT2D eigenvalue weighted by atomic mass is 32.2. The molecular weight excluding hydrogens is 497 g/mol. The van der Waals surface area contributed by atoms with Crippen LogP contribution in [-0.4, -0.2) is 47.5 Å². The lowest BCUT2D eigenvalue weighted by atomic mass is 10.1. The number of aromatic nitrogens is 2. The van der Waals surface area contributed by atoms with Crippen molar-refractivity contribution in [1.82, 2.24) is 14.7 Å². The fraction of sp³-hybridized carbons (Fsp3) is 0.273. The van der Waals surface area contributed by atoms with Gasteiger partial charge in [0.25, 0.3) is 5.91 Å². The van der Waals surface area contributed by atoms with E-state index in [-0.39, 0.29) is 29.2 Å². The normalized spacial score (nSPS) is 14.7. The Morgan fingerprint density at radius 3 is 2.40 bits per heavy atom. The Hall–Kier alpha value is -3.48. The number of benzene rings is 2. The van der Waals surface area contributed by atoms with Crippen molar-refractivity contribution in [2.24, 2.45) is 0 Å². The average Bonchev–Trinajstić information content (AvgIpc) is 3.33. The molecule has 4 rings (SSSR count). The topological polar surface area (TPSA) is 81.5 Å². The van der Waals surface area contributed by atoms with Crippen molar-refractivity contribution in [2.75, 3.05) is 6.26 Å². The summed E-state index contributed by atoms with van der Waals surface area (Å²) in [5, 5.41) is 4.28. The first-order chi connectivity index (χ1) is 16.2. The summed E-state index contributed by atoms with van der Waals surface area (Å²) in [6.45, 7) is 0.739. The zero-order chi connectivity index (χ0) is 25.7. The third kappa shape index (κ3) is 4.99. The zero-order valence-electron chi connectivity index (χ0n) is 18.3. The molecule has 0 fully saturated rings. The molecule has 1 aliphatic heterocycles. The largest absolute Gasteiger partial charge is 0.480 e. The lowest BCUT2D eigenvalue weighted by molar-refractivity contribution is -0.189. The smallest absolute Gasteiger partial charge is 0.425 e. The summed E-state index contributed by atoms with van der Waals surface area (Å²) >= 11 is 0. The molecule has 0 radical (unpaired) electrons. The Labute approximate surface area is 196 Å². The fourth-order valence-electron chi connectivity index (χ4n) is 3.49. The van der Waals surface area contributed by atoms with E-state index in [1.165, 1.54) is 21.8 Å². The molecule has 7 nitrogen and oxygen atoms in total. The number of rotatable bonds is 5. The Morgan fingerprint density at radius 1 is 1.09 bits per heavy atom. The van der Waals surface area contributed by atoms with E-state index in [0.29, 0.717) is 11.3 Å². The van der Waals surface area contributed by atoms with Crippen molar-refractivity contribution < 1.29 is 39.9 Å². The number of carbonyl (C=O) groups is 1. The van der Waals surface area contributed by atoms with Crippen LogP contribution in [0, 0.1) is 11.6 Å². The molecule has 0 N–H and O–H groups in total. The number of sulfone groups is 1. The monoisotopic (exact) mass is 515 g/mol. The number of amides is 1. The van der Waals surface area contributed by atoms with E-state index in [4.69, 9.17) is 4.74 Å². The second kappa shape index (κ2) is 8.63. The van der Waals surface area contributed by atoms with E-state index in [1.807, 2.05) is 0 Å². The van der Waals surface area contributed by atoms with Crippen LogP contribution in [0.3, 0.4) is 0 Å². The molecule has 186 valence electrons. The number of hydrogen-bond acceptors (Lipinski definition) is 5. The van der Waals surface area contributed by atoms with Crippen LogP contribution >= 0.6 is 0 Å². The summed E-state index contributed by atoms with van der Waals surface area (Å²) in [4.78, 5) is 14.2. The Balaban J connectivity index is 1.62. The Kier molecular flexibility index (Phi) is 6.07. The Bertz CT molecular complexity index is 1400. The molecule has 0 spiro atoms. The first kappa shape index (κ1) is 24.6. The van der Waals surface area contributed by atoms with Crippen molar-refractivity contribution in [3.63, 3.8) is 0 Å². The van der Waals surface area contributed by atoms with E-state index < -0.39 is 45.4 Å². The number of nitrogens with zero attached hydrogens (tertiary/aromatic N) is 3. The Morgan fingerprint density at radius 2 is 1.80 bits per heavy atom. The SMILES string of the molecule is C[C@H](Oc1ccc(S(C)(=O)=O)cc1C(=O)N1Cc2cn(-c3ccc(F)c(F)c3)nc2C1)C(F)(F)F. The number of hydrogen-bond donors (Lipinski definition) is 0. The fourth-order valence-corrected chi connectivity index (χ4v) is 4.14. The molecule has 3 aromatic rings. The van der Waals surface area contributed by atoms with Gasteiger partial charge in [-0.25, -0.2) is 21.9 Å². The molecule has 0 saturated carbocycles. The van der Waals surface area contributed by atoms with E-state index in [9.17, 15) is 35.2 Å². The van der Waals surface area contributed by atoms with E-state index in [2.05, 4.69) is 5.10 Å². The van der Waals surface area contributed by atoms with Gasteiger partial charge in [-0.15, -0.1) is 0 Å². The molecule has 2 heterocycles.